The predicted octanol–water partition coefficient (Wildman–Crippen LogP) is 4.83. The summed E-state index contributed by atoms with van der Waals surface area (Å²) in [5.74, 6) is 0.0976. The van der Waals surface area contributed by atoms with Crippen molar-refractivity contribution in [2.75, 3.05) is 14.2 Å². The largest absolute Gasteiger partial charge is 0.497 e. The molecule has 0 bridgehead atoms. The second kappa shape index (κ2) is 9.75. The number of methoxy groups -OCH3 is 2. The second-order valence-electron chi connectivity index (χ2n) is 7.68. The molecule has 0 aliphatic heterocycles. The highest BCUT2D eigenvalue weighted by Gasteiger charge is 2.23. The number of aromatic carboxylic acids is 1. The lowest BCUT2D eigenvalue weighted by molar-refractivity contribution is 0.0684. The molecule has 1 aromatic heterocycles. The fourth-order valence-electron chi connectivity index (χ4n) is 3.96. The number of aromatic nitrogens is 1. The van der Waals surface area contributed by atoms with Gasteiger partial charge in [-0.2, -0.15) is 0 Å². The van der Waals surface area contributed by atoms with Gasteiger partial charge in [-0.3, -0.25) is 0 Å². The lowest BCUT2D eigenvalue weighted by Crippen LogP contribution is -2.17. The number of benzene rings is 3. The Morgan fingerprint density at radius 3 is 2.18 bits per heavy atom. The molecule has 0 saturated heterocycles. The summed E-state index contributed by atoms with van der Waals surface area (Å²) >= 11 is 0. The first kappa shape index (κ1) is 22.4. The fraction of sp³-hybridized carbons (Fsp3) is 0.192. The first-order valence-electron chi connectivity index (χ1n) is 10.5. The van der Waals surface area contributed by atoms with Gasteiger partial charge in [0.25, 0.3) is 0 Å². The molecule has 0 aliphatic carbocycles. The molecule has 0 radical (unpaired) electrons. The van der Waals surface area contributed by atoms with Crippen molar-refractivity contribution in [2.45, 2.75) is 19.6 Å². The van der Waals surface area contributed by atoms with E-state index in [-0.39, 0.29) is 11.5 Å². The van der Waals surface area contributed by atoms with Crippen LogP contribution in [0.4, 0.5) is 4.39 Å². The Kier molecular flexibility index (Phi) is 6.60. The molecular weight excluding hydrogens is 423 g/mol. The van der Waals surface area contributed by atoms with Crippen LogP contribution in [0.1, 0.15) is 27.2 Å². The molecule has 3 aromatic carbocycles. The highest BCUT2D eigenvalue weighted by Crippen LogP contribution is 2.31. The summed E-state index contributed by atoms with van der Waals surface area (Å²) in [5, 5.41) is 14.3. The molecule has 0 atom stereocenters. The minimum absolute atomic E-state index is 0.223. The first-order chi connectivity index (χ1) is 16.0. The third-order valence-electron chi connectivity index (χ3n) is 5.62. The molecule has 170 valence electrons. The summed E-state index contributed by atoms with van der Waals surface area (Å²) < 4.78 is 25.6. The SMILES string of the molecule is COc1ccc(Cn2c(C(=O)O)c(CNCc3ccc(F)cc3)c3ccc(OC)cc32)cc1. The van der Waals surface area contributed by atoms with Crippen LogP contribution in [0.3, 0.4) is 0 Å². The molecule has 0 spiro atoms. The smallest absolute Gasteiger partial charge is 0.352 e. The van der Waals surface area contributed by atoms with Crippen LogP contribution in [0.15, 0.2) is 66.7 Å². The van der Waals surface area contributed by atoms with E-state index in [4.69, 9.17) is 9.47 Å². The van der Waals surface area contributed by atoms with E-state index in [0.717, 1.165) is 27.8 Å². The number of carboxylic acid groups (broad SMARTS) is 1. The summed E-state index contributed by atoms with van der Waals surface area (Å²) in [7, 11) is 3.19. The van der Waals surface area contributed by atoms with Crippen LogP contribution in [0.25, 0.3) is 10.9 Å². The molecular formula is C26H25FN2O4. The van der Waals surface area contributed by atoms with Crippen LogP contribution >= 0.6 is 0 Å². The predicted molar refractivity (Wildman–Crippen MR) is 124 cm³/mol. The van der Waals surface area contributed by atoms with E-state index in [1.807, 2.05) is 42.5 Å². The van der Waals surface area contributed by atoms with Crippen molar-refractivity contribution in [1.82, 2.24) is 9.88 Å². The number of ether oxygens (including phenoxy) is 2. The molecule has 0 amide bonds. The number of hydrogen-bond donors (Lipinski definition) is 2. The van der Waals surface area contributed by atoms with Gasteiger partial charge in [-0.05, 0) is 47.5 Å². The van der Waals surface area contributed by atoms with Gasteiger partial charge in [0.05, 0.1) is 19.7 Å². The van der Waals surface area contributed by atoms with E-state index in [9.17, 15) is 14.3 Å². The molecule has 2 N–H and O–H groups in total. The molecule has 7 heteroatoms. The third kappa shape index (κ3) is 4.83. The van der Waals surface area contributed by atoms with Crippen LogP contribution in [-0.4, -0.2) is 29.9 Å². The zero-order chi connectivity index (χ0) is 23.4. The van der Waals surface area contributed by atoms with Gasteiger partial charge in [0, 0.05) is 36.7 Å². The van der Waals surface area contributed by atoms with E-state index < -0.39 is 5.97 Å². The van der Waals surface area contributed by atoms with Gasteiger partial charge in [0.15, 0.2) is 0 Å². The maximum atomic E-state index is 13.2. The van der Waals surface area contributed by atoms with Crippen molar-refractivity contribution in [3.8, 4) is 11.5 Å². The van der Waals surface area contributed by atoms with Crippen LogP contribution in [-0.2, 0) is 19.6 Å². The summed E-state index contributed by atoms with van der Waals surface area (Å²) in [6.07, 6.45) is 0. The van der Waals surface area contributed by atoms with Gasteiger partial charge in [-0.25, -0.2) is 9.18 Å². The quantitative estimate of drug-likeness (QED) is 0.384. The average Bonchev–Trinajstić information content (AvgIpc) is 3.13. The summed E-state index contributed by atoms with van der Waals surface area (Å²) in [6.45, 7) is 1.21. The summed E-state index contributed by atoms with van der Waals surface area (Å²) in [5.41, 5.74) is 3.55. The second-order valence-corrected chi connectivity index (χ2v) is 7.68. The summed E-state index contributed by atoms with van der Waals surface area (Å²) in [4.78, 5) is 12.4. The van der Waals surface area contributed by atoms with Gasteiger partial charge < -0.3 is 24.5 Å². The number of nitrogens with zero attached hydrogens (tertiary/aromatic N) is 1. The van der Waals surface area contributed by atoms with Crippen molar-refractivity contribution < 1.29 is 23.8 Å². The lowest BCUT2D eigenvalue weighted by Gasteiger charge is -2.11. The molecule has 4 aromatic rings. The molecule has 33 heavy (non-hydrogen) atoms. The van der Waals surface area contributed by atoms with Crippen molar-refractivity contribution in [3.05, 3.63) is 94.9 Å². The minimum atomic E-state index is -1.00. The Balaban J connectivity index is 1.72. The molecule has 0 unspecified atom stereocenters. The van der Waals surface area contributed by atoms with E-state index in [1.165, 1.54) is 12.1 Å². The van der Waals surface area contributed by atoms with E-state index in [1.54, 1.807) is 30.9 Å². The number of carbonyl (C=O) groups is 1. The maximum absolute atomic E-state index is 13.2. The topological polar surface area (TPSA) is 72.7 Å². The van der Waals surface area contributed by atoms with Gasteiger partial charge >= 0.3 is 5.97 Å². The normalized spacial score (nSPS) is 11.0. The van der Waals surface area contributed by atoms with Crippen molar-refractivity contribution >= 4 is 16.9 Å². The number of fused-ring (bicyclic) bond motifs is 1. The lowest BCUT2D eigenvalue weighted by atomic mass is 10.1. The zero-order valence-corrected chi connectivity index (χ0v) is 18.5. The van der Waals surface area contributed by atoms with Crippen molar-refractivity contribution in [2.24, 2.45) is 0 Å². The van der Waals surface area contributed by atoms with Crippen LogP contribution in [0.2, 0.25) is 0 Å². The third-order valence-corrected chi connectivity index (χ3v) is 5.62. The van der Waals surface area contributed by atoms with Crippen LogP contribution in [0.5, 0.6) is 11.5 Å². The van der Waals surface area contributed by atoms with Gasteiger partial charge in [-0.1, -0.05) is 24.3 Å². The standard InChI is InChI=1S/C26H25FN2O4/c1-32-20-9-5-18(6-10-20)16-29-24-13-21(33-2)11-12-22(24)23(25(29)26(30)31)15-28-14-17-3-7-19(27)8-4-17/h3-13,28H,14-16H2,1-2H3,(H,30,31). The first-order valence-corrected chi connectivity index (χ1v) is 10.5. The zero-order valence-electron chi connectivity index (χ0n) is 18.5. The van der Waals surface area contributed by atoms with E-state index >= 15 is 0 Å². The van der Waals surface area contributed by atoms with E-state index in [0.29, 0.717) is 30.9 Å². The molecule has 1 heterocycles. The van der Waals surface area contributed by atoms with Crippen molar-refractivity contribution in [3.63, 3.8) is 0 Å². The molecule has 0 saturated carbocycles. The Hall–Kier alpha value is -3.84. The van der Waals surface area contributed by atoms with E-state index in [2.05, 4.69) is 5.32 Å². The number of halogens is 1. The highest BCUT2D eigenvalue weighted by molar-refractivity contribution is 5.98. The Morgan fingerprint density at radius 1 is 0.909 bits per heavy atom. The van der Waals surface area contributed by atoms with Crippen molar-refractivity contribution in [1.29, 1.82) is 0 Å². The highest BCUT2D eigenvalue weighted by atomic mass is 19.1. The molecule has 4 rings (SSSR count). The number of hydrogen-bond acceptors (Lipinski definition) is 4. The number of rotatable bonds is 9. The number of nitrogens with one attached hydrogen (secondary N) is 1. The Bertz CT molecular complexity index is 1260. The van der Waals surface area contributed by atoms with Crippen LogP contribution < -0.4 is 14.8 Å². The Morgan fingerprint density at radius 2 is 1.55 bits per heavy atom. The minimum Gasteiger partial charge on any atom is -0.497 e. The van der Waals surface area contributed by atoms with Crippen LogP contribution in [0, 0.1) is 5.82 Å². The molecule has 6 nitrogen and oxygen atoms in total. The average molecular weight is 448 g/mol. The molecule has 0 aliphatic rings. The van der Waals surface area contributed by atoms with Gasteiger partial charge in [0.1, 0.15) is 23.0 Å². The monoisotopic (exact) mass is 448 g/mol. The summed E-state index contributed by atoms with van der Waals surface area (Å²) in [6, 6.07) is 19.4. The van der Waals surface area contributed by atoms with Gasteiger partial charge in [0.2, 0.25) is 0 Å². The Labute approximate surface area is 191 Å². The van der Waals surface area contributed by atoms with Gasteiger partial charge in [-0.15, -0.1) is 0 Å². The fourth-order valence-corrected chi connectivity index (χ4v) is 3.96. The number of carboxylic acids is 1. The maximum Gasteiger partial charge on any atom is 0.352 e. The molecule has 0 fully saturated rings.